The molecule has 2 rings (SSSR count). The van der Waals surface area contributed by atoms with Crippen LogP contribution in [0.1, 0.15) is 15.9 Å². The van der Waals surface area contributed by atoms with E-state index in [1.165, 1.54) is 0 Å². The molecular formula is C13H17NO2S. The van der Waals surface area contributed by atoms with Gasteiger partial charge in [0.15, 0.2) is 0 Å². The Kier molecular flexibility index (Phi) is 4.07. The van der Waals surface area contributed by atoms with Crippen LogP contribution in [0.2, 0.25) is 0 Å². The lowest BCUT2D eigenvalue weighted by atomic mass is 10.1. The van der Waals surface area contributed by atoms with Gasteiger partial charge in [0.25, 0.3) is 5.91 Å². The summed E-state index contributed by atoms with van der Waals surface area (Å²) in [6, 6.07) is 6.05. The normalized spacial score (nSPS) is 16.0. The SMILES string of the molecule is CSc1ccc(C)c(C(=O)N2CCOCC2)c1. The molecule has 17 heavy (non-hydrogen) atoms. The van der Waals surface area contributed by atoms with Crippen molar-refractivity contribution in [3.05, 3.63) is 29.3 Å². The highest BCUT2D eigenvalue weighted by Gasteiger charge is 2.20. The van der Waals surface area contributed by atoms with Gasteiger partial charge in [0.1, 0.15) is 0 Å². The van der Waals surface area contributed by atoms with E-state index in [0.717, 1.165) is 16.0 Å². The maximum absolute atomic E-state index is 12.3. The number of benzene rings is 1. The summed E-state index contributed by atoms with van der Waals surface area (Å²) in [4.78, 5) is 15.4. The quantitative estimate of drug-likeness (QED) is 0.755. The second kappa shape index (κ2) is 5.56. The number of hydrogen-bond donors (Lipinski definition) is 0. The van der Waals surface area contributed by atoms with E-state index in [2.05, 4.69) is 6.07 Å². The monoisotopic (exact) mass is 251 g/mol. The maximum Gasteiger partial charge on any atom is 0.254 e. The third kappa shape index (κ3) is 2.82. The van der Waals surface area contributed by atoms with Crippen LogP contribution in [0.25, 0.3) is 0 Å². The minimum Gasteiger partial charge on any atom is -0.378 e. The summed E-state index contributed by atoms with van der Waals surface area (Å²) in [5, 5.41) is 0. The predicted octanol–water partition coefficient (Wildman–Crippen LogP) is 2.19. The van der Waals surface area contributed by atoms with E-state index in [1.807, 2.05) is 30.2 Å². The average Bonchev–Trinajstić information content (AvgIpc) is 2.39. The van der Waals surface area contributed by atoms with E-state index >= 15 is 0 Å². The van der Waals surface area contributed by atoms with Gasteiger partial charge in [-0.05, 0) is 30.9 Å². The maximum atomic E-state index is 12.3. The third-order valence-electron chi connectivity index (χ3n) is 2.97. The Morgan fingerprint density at radius 2 is 2.06 bits per heavy atom. The first-order valence-corrected chi connectivity index (χ1v) is 6.96. The molecule has 1 heterocycles. The van der Waals surface area contributed by atoms with Crippen LogP contribution >= 0.6 is 11.8 Å². The predicted molar refractivity (Wildman–Crippen MR) is 69.7 cm³/mol. The van der Waals surface area contributed by atoms with Crippen LogP contribution in [0.3, 0.4) is 0 Å². The number of rotatable bonds is 2. The molecule has 0 unspecified atom stereocenters. The van der Waals surface area contributed by atoms with Crippen molar-refractivity contribution in [2.45, 2.75) is 11.8 Å². The summed E-state index contributed by atoms with van der Waals surface area (Å²) < 4.78 is 5.26. The van der Waals surface area contributed by atoms with Crippen molar-refractivity contribution in [2.24, 2.45) is 0 Å². The second-order valence-corrected chi connectivity index (χ2v) is 4.97. The van der Waals surface area contributed by atoms with Crippen LogP contribution in [0, 0.1) is 6.92 Å². The number of hydrogen-bond acceptors (Lipinski definition) is 3. The number of morpholine rings is 1. The number of carbonyl (C=O) groups is 1. The van der Waals surface area contributed by atoms with Gasteiger partial charge in [-0.3, -0.25) is 4.79 Å². The molecule has 1 fully saturated rings. The largest absolute Gasteiger partial charge is 0.378 e. The fourth-order valence-electron chi connectivity index (χ4n) is 1.90. The van der Waals surface area contributed by atoms with E-state index in [0.29, 0.717) is 26.3 Å². The van der Waals surface area contributed by atoms with E-state index in [-0.39, 0.29) is 5.91 Å². The molecule has 0 spiro atoms. The Labute approximate surface area is 106 Å². The molecule has 1 aromatic rings. The molecule has 0 N–H and O–H groups in total. The Morgan fingerprint density at radius 1 is 1.35 bits per heavy atom. The van der Waals surface area contributed by atoms with Crippen molar-refractivity contribution in [3.8, 4) is 0 Å². The molecule has 0 aliphatic carbocycles. The topological polar surface area (TPSA) is 29.5 Å². The summed E-state index contributed by atoms with van der Waals surface area (Å²) in [6.45, 7) is 4.67. The van der Waals surface area contributed by atoms with Crippen LogP contribution in [0.5, 0.6) is 0 Å². The molecule has 0 aromatic heterocycles. The first kappa shape index (κ1) is 12.5. The van der Waals surface area contributed by atoms with Gasteiger partial charge in [-0.1, -0.05) is 6.07 Å². The van der Waals surface area contributed by atoms with Crippen molar-refractivity contribution in [2.75, 3.05) is 32.6 Å². The van der Waals surface area contributed by atoms with Gasteiger partial charge in [0, 0.05) is 23.5 Å². The number of nitrogens with zero attached hydrogens (tertiary/aromatic N) is 1. The van der Waals surface area contributed by atoms with E-state index in [4.69, 9.17) is 4.74 Å². The smallest absolute Gasteiger partial charge is 0.254 e. The Hall–Kier alpha value is -1.00. The van der Waals surface area contributed by atoms with Crippen LogP contribution in [0.4, 0.5) is 0 Å². The fourth-order valence-corrected chi connectivity index (χ4v) is 2.34. The minimum absolute atomic E-state index is 0.127. The minimum atomic E-state index is 0.127. The molecule has 1 aliphatic heterocycles. The lowest BCUT2D eigenvalue weighted by Crippen LogP contribution is -2.40. The summed E-state index contributed by atoms with van der Waals surface area (Å²) in [5.74, 6) is 0.127. The van der Waals surface area contributed by atoms with Crippen LogP contribution < -0.4 is 0 Å². The Balaban J connectivity index is 2.22. The fraction of sp³-hybridized carbons (Fsp3) is 0.462. The number of ether oxygens (including phenoxy) is 1. The molecule has 92 valence electrons. The van der Waals surface area contributed by atoms with Gasteiger partial charge >= 0.3 is 0 Å². The molecule has 0 atom stereocenters. The zero-order valence-electron chi connectivity index (χ0n) is 10.2. The Morgan fingerprint density at radius 3 is 2.71 bits per heavy atom. The van der Waals surface area contributed by atoms with Gasteiger partial charge < -0.3 is 9.64 Å². The van der Waals surface area contributed by atoms with E-state index in [1.54, 1.807) is 11.8 Å². The zero-order chi connectivity index (χ0) is 12.3. The highest BCUT2D eigenvalue weighted by Crippen LogP contribution is 2.20. The summed E-state index contributed by atoms with van der Waals surface area (Å²) in [6.07, 6.45) is 2.02. The van der Waals surface area contributed by atoms with Gasteiger partial charge in [0.2, 0.25) is 0 Å². The molecule has 1 amide bonds. The molecule has 1 aromatic carbocycles. The van der Waals surface area contributed by atoms with Crippen molar-refractivity contribution >= 4 is 17.7 Å². The van der Waals surface area contributed by atoms with Crippen molar-refractivity contribution in [1.29, 1.82) is 0 Å². The number of thioether (sulfide) groups is 1. The van der Waals surface area contributed by atoms with E-state index in [9.17, 15) is 4.79 Å². The molecule has 0 saturated carbocycles. The lowest BCUT2D eigenvalue weighted by molar-refractivity contribution is 0.0302. The van der Waals surface area contributed by atoms with Gasteiger partial charge in [-0.2, -0.15) is 0 Å². The molecular weight excluding hydrogens is 234 g/mol. The number of aryl methyl sites for hydroxylation is 1. The second-order valence-electron chi connectivity index (χ2n) is 4.09. The van der Waals surface area contributed by atoms with Crippen molar-refractivity contribution in [3.63, 3.8) is 0 Å². The van der Waals surface area contributed by atoms with Gasteiger partial charge in [-0.25, -0.2) is 0 Å². The molecule has 4 heteroatoms. The average molecular weight is 251 g/mol. The van der Waals surface area contributed by atoms with Crippen LogP contribution in [-0.2, 0) is 4.74 Å². The zero-order valence-corrected chi connectivity index (χ0v) is 11.0. The molecule has 0 bridgehead atoms. The first-order chi connectivity index (χ1) is 8.22. The Bertz CT molecular complexity index is 414. The third-order valence-corrected chi connectivity index (χ3v) is 3.70. The lowest BCUT2D eigenvalue weighted by Gasteiger charge is -2.27. The highest BCUT2D eigenvalue weighted by molar-refractivity contribution is 7.98. The van der Waals surface area contributed by atoms with E-state index < -0.39 is 0 Å². The number of amides is 1. The van der Waals surface area contributed by atoms with Crippen LogP contribution in [-0.4, -0.2) is 43.4 Å². The summed E-state index contributed by atoms with van der Waals surface area (Å²) >= 11 is 1.66. The molecule has 1 aliphatic rings. The highest BCUT2D eigenvalue weighted by atomic mass is 32.2. The first-order valence-electron chi connectivity index (χ1n) is 5.74. The molecule has 0 radical (unpaired) electrons. The van der Waals surface area contributed by atoms with Gasteiger partial charge in [0.05, 0.1) is 13.2 Å². The van der Waals surface area contributed by atoms with Gasteiger partial charge in [-0.15, -0.1) is 11.8 Å². The van der Waals surface area contributed by atoms with Crippen LogP contribution in [0.15, 0.2) is 23.1 Å². The summed E-state index contributed by atoms with van der Waals surface area (Å²) in [7, 11) is 0. The standard InChI is InChI=1S/C13H17NO2S/c1-10-3-4-11(17-2)9-12(10)13(15)14-5-7-16-8-6-14/h3-4,9H,5-8H2,1-2H3. The summed E-state index contributed by atoms with van der Waals surface area (Å²) in [5.41, 5.74) is 1.86. The molecule has 3 nitrogen and oxygen atoms in total. The molecule has 1 saturated heterocycles. The number of carbonyl (C=O) groups excluding carboxylic acids is 1. The van der Waals surface area contributed by atoms with Crippen molar-refractivity contribution in [1.82, 2.24) is 4.90 Å². The van der Waals surface area contributed by atoms with Crippen molar-refractivity contribution < 1.29 is 9.53 Å².